The molecule has 0 aliphatic carbocycles. The maximum absolute atomic E-state index is 12.5. The first-order valence-electron chi connectivity index (χ1n) is 6.85. The number of aromatic nitrogens is 1. The number of pyridine rings is 1. The van der Waals surface area contributed by atoms with Gasteiger partial charge in [0.1, 0.15) is 5.82 Å². The van der Waals surface area contributed by atoms with Gasteiger partial charge in [-0.05, 0) is 37.8 Å². The van der Waals surface area contributed by atoms with E-state index in [1.165, 1.54) is 0 Å². The van der Waals surface area contributed by atoms with Gasteiger partial charge in [-0.1, -0.05) is 0 Å². The SMILES string of the molecule is CCNc1ncccc1C(=O)N1CCC(CO)CC1. The van der Waals surface area contributed by atoms with Crippen LogP contribution in [0.5, 0.6) is 0 Å². The van der Waals surface area contributed by atoms with Gasteiger partial charge in [0.25, 0.3) is 5.91 Å². The third-order valence-electron chi connectivity index (χ3n) is 3.54. The molecule has 104 valence electrons. The fraction of sp³-hybridized carbons (Fsp3) is 0.571. The highest BCUT2D eigenvalue weighted by Crippen LogP contribution is 2.20. The maximum atomic E-state index is 12.5. The van der Waals surface area contributed by atoms with E-state index in [2.05, 4.69) is 10.3 Å². The topological polar surface area (TPSA) is 65.5 Å². The van der Waals surface area contributed by atoms with E-state index >= 15 is 0 Å². The number of amides is 1. The number of nitrogens with zero attached hydrogens (tertiary/aromatic N) is 2. The molecule has 0 aromatic carbocycles. The number of piperidine rings is 1. The first-order valence-corrected chi connectivity index (χ1v) is 6.85. The van der Waals surface area contributed by atoms with Crippen LogP contribution in [-0.4, -0.2) is 47.1 Å². The second-order valence-electron chi connectivity index (χ2n) is 4.85. The molecule has 19 heavy (non-hydrogen) atoms. The number of carbonyl (C=O) groups excluding carboxylic acids is 1. The molecule has 0 atom stereocenters. The lowest BCUT2D eigenvalue weighted by molar-refractivity contribution is 0.0651. The van der Waals surface area contributed by atoms with Gasteiger partial charge in [-0.3, -0.25) is 4.79 Å². The van der Waals surface area contributed by atoms with Gasteiger partial charge in [0.2, 0.25) is 0 Å². The van der Waals surface area contributed by atoms with Crippen LogP contribution in [0.3, 0.4) is 0 Å². The highest BCUT2D eigenvalue weighted by molar-refractivity contribution is 5.98. The standard InChI is InChI=1S/C14H21N3O2/c1-2-15-13-12(4-3-7-16-13)14(19)17-8-5-11(10-18)6-9-17/h3-4,7,11,18H,2,5-6,8-10H2,1H3,(H,15,16). The van der Waals surface area contributed by atoms with Gasteiger partial charge in [0.15, 0.2) is 0 Å². The third kappa shape index (κ3) is 3.23. The van der Waals surface area contributed by atoms with Gasteiger partial charge in [0, 0.05) is 32.4 Å². The minimum absolute atomic E-state index is 0.0282. The van der Waals surface area contributed by atoms with Crippen molar-refractivity contribution in [3.05, 3.63) is 23.9 Å². The van der Waals surface area contributed by atoms with Crippen LogP contribution >= 0.6 is 0 Å². The van der Waals surface area contributed by atoms with Gasteiger partial charge < -0.3 is 15.3 Å². The second kappa shape index (κ2) is 6.52. The summed E-state index contributed by atoms with van der Waals surface area (Å²) in [5, 5.41) is 12.2. The van der Waals surface area contributed by atoms with Crippen LogP contribution in [0.4, 0.5) is 5.82 Å². The average molecular weight is 263 g/mol. The molecule has 5 nitrogen and oxygen atoms in total. The normalized spacial score (nSPS) is 16.4. The third-order valence-corrected chi connectivity index (χ3v) is 3.54. The van der Waals surface area contributed by atoms with Crippen LogP contribution in [0.15, 0.2) is 18.3 Å². The van der Waals surface area contributed by atoms with E-state index in [-0.39, 0.29) is 12.5 Å². The van der Waals surface area contributed by atoms with Crippen LogP contribution in [0, 0.1) is 5.92 Å². The number of anilines is 1. The summed E-state index contributed by atoms with van der Waals surface area (Å²) in [6, 6.07) is 3.60. The van der Waals surface area contributed by atoms with Gasteiger partial charge in [-0.15, -0.1) is 0 Å². The number of aliphatic hydroxyl groups is 1. The fourth-order valence-corrected chi connectivity index (χ4v) is 2.38. The average Bonchev–Trinajstić information content (AvgIpc) is 2.47. The zero-order chi connectivity index (χ0) is 13.7. The van der Waals surface area contributed by atoms with Crippen molar-refractivity contribution in [3.8, 4) is 0 Å². The van der Waals surface area contributed by atoms with Gasteiger partial charge in [-0.25, -0.2) is 4.98 Å². The molecule has 5 heteroatoms. The highest BCUT2D eigenvalue weighted by atomic mass is 16.3. The number of hydrogen-bond acceptors (Lipinski definition) is 4. The van der Waals surface area contributed by atoms with E-state index in [0.717, 1.165) is 19.4 Å². The van der Waals surface area contributed by atoms with Crippen molar-refractivity contribution in [1.82, 2.24) is 9.88 Å². The van der Waals surface area contributed by atoms with Crippen LogP contribution in [0.25, 0.3) is 0 Å². The Morgan fingerprint density at radius 2 is 2.26 bits per heavy atom. The summed E-state index contributed by atoms with van der Waals surface area (Å²) in [6.07, 6.45) is 3.44. The number of likely N-dealkylation sites (tertiary alicyclic amines) is 1. The number of rotatable bonds is 4. The molecule has 0 spiro atoms. The van der Waals surface area contributed by atoms with E-state index in [9.17, 15) is 4.79 Å². The molecule has 0 unspecified atom stereocenters. The molecular formula is C14H21N3O2. The predicted octanol–water partition coefficient (Wildman–Crippen LogP) is 1.36. The Morgan fingerprint density at radius 1 is 1.53 bits per heavy atom. The van der Waals surface area contributed by atoms with Gasteiger partial charge in [-0.2, -0.15) is 0 Å². The van der Waals surface area contributed by atoms with E-state index in [4.69, 9.17) is 5.11 Å². The molecule has 1 saturated heterocycles. The van der Waals surface area contributed by atoms with Crippen LogP contribution in [-0.2, 0) is 0 Å². The van der Waals surface area contributed by atoms with Crippen molar-refractivity contribution < 1.29 is 9.90 Å². The lowest BCUT2D eigenvalue weighted by atomic mass is 9.97. The van der Waals surface area contributed by atoms with Crippen LogP contribution < -0.4 is 5.32 Å². The Labute approximate surface area is 113 Å². The molecule has 1 amide bonds. The molecule has 0 radical (unpaired) electrons. The molecule has 2 N–H and O–H groups in total. The van der Waals surface area contributed by atoms with Crippen molar-refractivity contribution in [3.63, 3.8) is 0 Å². The highest BCUT2D eigenvalue weighted by Gasteiger charge is 2.24. The Kier molecular flexibility index (Phi) is 4.74. The summed E-state index contributed by atoms with van der Waals surface area (Å²) in [6.45, 7) is 4.37. The largest absolute Gasteiger partial charge is 0.396 e. The van der Waals surface area contributed by atoms with E-state index < -0.39 is 0 Å². The zero-order valence-electron chi connectivity index (χ0n) is 11.3. The Hall–Kier alpha value is -1.62. The summed E-state index contributed by atoms with van der Waals surface area (Å²) in [5.41, 5.74) is 0.631. The Bertz CT molecular complexity index is 428. The summed E-state index contributed by atoms with van der Waals surface area (Å²) in [5.74, 6) is 1.02. The van der Waals surface area contributed by atoms with Crippen molar-refractivity contribution in [2.45, 2.75) is 19.8 Å². The zero-order valence-corrected chi connectivity index (χ0v) is 11.3. The van der Waals surface area contributed by atoms with E-state index in [1.54, 1.807) is 12.3 Å². The second-order valence-corrected chi connectivity index (χ2v) is 4.85. The maximum Gasteiger partial charge on any atom is 0.257 e. The van der Waals surface area contributed by atoms with Crippen LogP contribution in [0.1, 0.15) is 30.1 Å². The summed E-state index contributed by atoms with van der Waals surface area (Å²) >= 11 is 0. The molecule has 0 saturated carbocycles. The van der Waals surface area contributed by atoms with Gasteiger partial charge in [0.05, 0.1) is 5.56 Å². The molecule has 1 fully saturated rings. The molecule has 1 aromatic heterocycles. The quantitative estimate of drug-likeness (QED) is 0.861. The lowest BCUT2D eigenvalue weighted by Crippen LogP contribution is -2.39. The molecule has 2 heterocycles. The lowest BCUT2D eigenvalue weighted by Gasteiger charge is -2.31. The van der Waals surface area contributed by atoms with Crippen molar-refractivity contribution in [2.24, 2.45) is 5.92 Å². The number of aliphatic hydroxyl groups excluding tert-OH is 1. The molecule has 1 aliphatic heterocycles. The van der Waals surface area contributed by atoms with Gasteiger partial charge >= 0.3 is 0 Å². The van der Waals surface area contributed by atoms with Crippen LogP contribution in [0.2, 0.25) is 0 Å². The molecular weight excluding hydrogens is 242 g/mol. The fourth-order valence-electron chi connectivity index (χ4n) is 2.38. The summed E-state index contributed by atoms with van der Waals surface area (Å²) in [4.78, 5) is 18.5. The van der Waals surface area contributed by atoms with E-state index in [0.29, 0.717) is 30.4 Å². The number of nitrogens with one attached hydrogen (secondary N) is 1. The first kappa shape index (κ1) is 13.8. The molecule has 1 aromatic rings. The smallest absolute Gasteiger partial charge is 0.257 e. The minimum atomic E-state index is 0.0282. The first-order chi connectivity index (χ1) is 9.26. The van der Waals surface area contributed by atoms with Crippen molar-refractivity contribution >= 4 is 11.7 Å². The molecule has 1 aliphatic rings. The molecule has 2 rings (SSSR count). The summed E-state index contributed by atoms with van der Waals surface area (Å²) < 4.78 is 0. The number of hydrogen-bond donors (Lipinski definition) is 2. The Morgan fingerprint density at radius 3 is 2.89 bits per heavy atom. The number of carbonyl (C=O) groups is 1. The minimum Gasteiger partial charge on any atom is -0.396 e. The Balaban J connectivity index is 2.07. The molecule has 0 bridgehead atoms. The van der Waals surface area contributed by atoms with E-state index in [1.807, 2.05) is 17.9 Å². The van der Waals surface area contributed by atoms with Crippen molar-refractivity contribution in [2.75, 3.05) is 31.6 Å². The summed E-state index contributed by atoms with van der Waals surface area (Å²) in [7, 11) is 0. The predicted molar refractivity (Wildman–Crippen MR) is 74.1 cm³/mol. The monoisotopic (exact) mass is 263 g/mol. The van der Waals surface area contributed by atoms with Crippen molar-refractivity contribution in [1.29, 1.82) is 0 Å².